The highest BCUT2D eigenvalue weighted by Gasteiger charge is 2.19. The van der Waals surface area contributed by atoms with Gasteiger partial charge in [-0.05, 0) is 120 Å². The fourth-order valence-electron chi connectivity index (χ4n) is 6.89. The predicted molar refractivity (Wildman–Crippen MR) is 200 cm³/mol. The number of nitrogens with two attached hydrogens (primary N) is 1. The molecule has 3 aromatic heterocycles. The third-order valence-electron chi connectivity index (χ3n) is 10.1. The molecule has 5 aromatic rings. The third kappa shape index (κ3) is 9.28. The molecule has 0 spiro atoms. The molecule has 0 radical (unpaired) electrons. The SMILES string of the molecule is Cc1ccc2ncc(=O)n(CCN3CCC(N)CC3)c2c1.Cc1ccc2ncc(=O)n(CCN3CCC(NCc4ccc(C)nc4)CC3)c2c1. The largest absolute Gasteiger partial charge is 0.328 e. The topological polar surface area (TPSA) is 127 Å². The maximum absolute atomic E-state index is 12.4. The Morgan fingerprint density at radius 2 is 1.18 bits per heavy atom. The summed E-state index contributed by atoms with van der Waals surface area (Å²) in [5, 5.41) is 3.66. The van der Waals surface area contributed by atoms with E-state index in [0.29, 0.717) is 25.2 Å². The lowest BCUT2D eigenvalue weighted by Crippen LogP contribution is -2.43. The molecule has 2 aromatic carbocycles. The van der Waals surface area contributed by atoms with Gasteiger partial charge < -0.3 is 30.0 Å². The minimum Gasteiger partial charge on any atom is -0.328 e. The second-order valence-corrected chi connectivity index (χ2v) is 14.0. The molecule has 2 saturated heterocycles. The predicted octanol–water partition coefficient (Wildman–Crippen LogP) is 3.79. The summed E-state index contributed by atoms with van der Waals surface area (Å²) in [6.07, 6.45) is 9.17. The van der Waals surface area contributed by atoms with Gasteiger partial charge in [0.1, 0.15) is 0 Å². The van der Waals surface area contributed by atoms with Gasteiger partial charge in [0.05, 0.1) is 34.5 Å². The maximum Gasteiger partial charge on any atom is 0.269 e. The molecule has 2 aliphatic rings. The van der Waals surface area contributed by atoms with Crippen LogP contribution in [0.1, 0.15) is 48.1 Å². The zero-order chi connectivity index (χ0) is 35.0. The van der Waals surface area contributed by atoms with Crippen molar-refractivity contribution in [2.45, 2.75) is 78.2 Å². The third-order valence-corrected chi connectivity index (χ3v) is 10.1. The van der Waals surface area contributed by atoms with Crippen molar-refractivity contribution in [2.24, 2.45) is 5.73 Å². The normalized spacial score (nSPS) is 16.5. The van der Waals surface area contributed by atoms with E-state index in [1.165, 1.54) is 18.0 Å². The van der Waals surface area contributed by atoms with E-state index in [4.69, 9.17) is 5.73 Å². The van der Waals surface area contributed by atoms with Crippen molar-refractivity contribution in [3.63, 3.8) is 0 Å². The van der Waals surface area contributed by atoms with E-state index < -0.39 is 0 Å². The molecular weight excluding hydrogens is 626 g/mol. The number of hydrogen-bond donors (Lipinski definition) is 2. The van der Waals surface area contributed by atoms with Gasteiger partial charge in [0, 0.05) is 56.7 Å². The molecule has 11 nitrogen and oxygen atoms in total. The minimum absolute atomic E-state index is 0.0219. The number of fused-ring (bicyclic) bond motifs is 2. The quantitative estimate of drug-likeness (QED) is 0.240. The molecule has 2 fully saturated rings. The van der Waals surface area contributed by atoms with Crippen LogP contribution >= 0.6 is 0 Å². The van der Waals surface area contributed by atoms with Crippen molar-refractivity contribution in [3.05, 3.63) is 110 Å². The van der Waals surface area contributed by atoms with E-state index in [1.54, 1.807) is 0 Å². The lowest BCUT2D eigenvalue weighted by Gasteiger charge is -2.32. The molecule has 0 saturated carbocycles. The Labute approximate surface area is 294 Å². The molecule has 0 aliphatic carbocycles. The van der Waals surface area contributed by atoms with Crippen LogP contribution in [0.3, 0.4) is 0 Å². The highest BCUT2D eigenvalue weighted by molar-refractivity contribution is 5.76. The van der Waals surface area contributed by atoms with Gasteiger partial charge in [0.2, 0.25) is 0 Å². The van der Waals surface area contributed by atoms with Crippen molar-refractivity contribution in [2.75, 3.05) is 39.3 Å². The van der Waals surface area contributed by atoms with Gasteiger partial charge >= 0.3 is 0 Å². The summed E-state index contributed by atoms with van der Waals surface area (Å²) in [5.41, 5.74) is 14.1. The molecule has 2 aliphatic heterocycles. The summed E-state index contributed by atoms with van der Waals surface area (Å²) in [7, 11) is 0. The second-order valence-electron chi connectivity index (χ2n) is 14.0. The standard InChI is InChI=1S/C23H29N5O.C16H22N4O/c1-17-3-6-21-22(13-17)28(23(29)16-26-21)12-11-27-9-7-20(8-10-27)25-15-19-5-4-18(2)24-14-19;1-12-2-3-14-15(10-12)20(16(21)11-18-14)9-8-19-6-4-13(17)5-7-19/h3-6,13-14,16,20,25H,7-12,15H2,1-2H3;2-3,10-11,13H,4-9,17H2,1H3. The van der Waals surface area contributed by atoms with Crippen LogP contribution in [0.2, 0.25) is 0 Å². The van der Waals surface area contributed by atoms with Crippen molar-refractivity contribution < 1.29 is 0 Å². The molecule has 11 heteroatoms. The number of nitrogens with zero attached hydrogens (tertiary/aromatic N) is 7. The number of aromatic nitrogens is 5. The lowest BCUT2D eigenvalue weighted by molar-refractivity contribution is 0.191. The number of hydrogen-bond acceptors (Lipinski definition) is 9. The van der Waals surface area contributed by atoms with Gasteiger partial charge in [-0.2, -0.15) is 0 Å². The first-order chi connectivity index (χ1) is 24.2. The molecule has 264 valence electrons. The van der Waals surface area contributed by atoms with Gasteiger partial charge in [0.15, 0.2) is 0 Å². The van der Waals surface area contributed by atoms with Gasteiger partial charge in [-0.15, -0.1) is 0 Å². The number of pyridine rings is 1. The molecule has 50 heavy (non-hydrogen) atoms. The summed E-state index contributed by atoms with van der Waals surface area (Å²) in [5.74, 6) is 0. The van der Waals surface area contributed by atoms with Crippen LogP contribution in [0.25, 0.3) is 22.1 Å². The first kappa shape index (κ1) is 35.5. The number of nitrogens with one attached hydrogen (secondary N) is 1. The van der Waals surface area contributed by atoms with E-state index >= 15 is 0 Å². The van der Waals surface area contributed by atoms with Crippen molar-refractivity contribution >= 4 is 22.1 Å². The molecule has 3 N–H and O–H groups in total. The van der Waals surface area contributed by atoms with Gasteiger partial charge in [-0.1, -0.05) is 18.2 Å². The number of rotatable bonds is 9. The molecular formula is C39H51N9O2. The number of likely N-dealkylation sites (tertiary alicyclic amines) is 2. The van der Waals surface area contributed by atoms with Gasteiger partial charge in [0.25, 0.3) is 11.1 Å². The van der Waals surface area contributed by atoms with Crippen LogP contribution in [0.4, 0.5) is 0 Å². The average molecular weight is 678 g/mol. The Hall–Kier alpha value is -4.29. The summed E-state index contributed by atoms with van der Waals surface area (Å²) in [6, 6.07) is 17.2. The smallest absolute Gasteiger partial charge is 0.269 e. The first-order valence-corrected chi connectivity index (χ1v) is 18.0. The van der Waals surface area contributed by atoms with Crippen LogP contribution in [0, 0.1) is 20.8 Å². The summed E-state index contributed by atoms with van der Waals surface area (Å²) in [4.78, 5) is 42.2. The lowest BCUT2D eigenvalue weighted by atomic mass is 10.0. The molecule has 0 amide bonds. The van der Waals surface area contributed by atoms with Crippen LogP contribution in [-0.4, -0.2) is 85.2 Å². The average Bonchev–Trinajstić information content (AvgIpc) is 3.12. The molecule has 0 atom stereocenters. The van der Waals surface area contributed by atoms with Gasteiger partial charge in [-0.25, -0.2) is 9.97 Å². The number of benzene rings is 2. The van der Waals surface area contributed by atoms with E-state index in [0.717, 1.165) is 110 Å². The second kappa shape index (κ2) is 16.6. The molecule has 5 heterocycles. The zero-order valence-corrected chi connectivity index (χ0v) is 29.7. The van der Waals surface area contributed by atoms with Crippen molar-refractivity contribution in [1.29, 1.82) is 0 Å². The Kier molecular flexibility index (Phi) is 11.8. The van der Waals surface area contributed by atoms with E-state index in [9.17, 15) is 9.59 Å². The fourth-order valence-corrected chi connectivity index (χ4v) is 6.89. The Balaban J connectivity index is 0.000000182. The Morgan fingerprint density at radius 3 is 1.68 bits per heavy atom. The maximum atomic E-state index is 12.4. The minimum atomic E-state index is -0.0261. The molecule has 0 unspecified atom stereocenters. The van der Waals surface area contributed by atoms with Crippen molar-refractivity contribution in [3.8, 4) is 0 Å². The highest BCUT2D eigenvalue weighted by atomic mass is 16.1. The Bertz CT molecular complexity index is 1990. The summed E-state index contributed by atoms with van der Waals surface area (Å²) < 4.78 is 3.70. The van der Waals surface area contributed by atoms with E-state index in [-0.39, 0.29) is 11.1 Å². The van der Waals surface area contributed by atoms with Crippen LogP contribution < -0.4 is 22.2 Å². The van der Waals surface area contributed by atoms with Crippen LogP contribution in [0.15, 0.2) is 76.7 Å². The highest BCUT2D eigenvalue weighted by Crippen LogP contribution is 2.15. The summed E-state index contributed by atoms with van der Waals surface area (Å²) >= 11 is 0. The van der Waals surface area contributed by atoms with E-state index in [1.807, 2.05) is 66.4 Å². The van der Waals surface area contributed by atoms with Crippen LogP contribution in [0.5, 0.6) is 0 Å². The summed E-state index contributed by atoms with van der Waals surface area (Å²) in [6.45, 7) is 14.3. The molecule has 0 bridgehead atoms. The number of aryl methyl sites for hydroxylation is 3. The molecule has 7 rings (SSSR count). The van der Waals surface area contributed by atoms with E-state index in [2.05, 4.69) is 48.3 Å². The first-order valence-electron chi connectivity index (χ1n) is 18.0. The number of piperidine rings is 2. The monoisotopic (exact) mass is 677 g/mol. The Morgan fingerprint density at radius 1 is 0.660 bits per heavy atom. The fraction of sp³-hybridized carbons (Fsp3) is 0.462. The van der Waals surface area contributed by atoms with Crippen molar-refractivity contribution in [1.82, 2.24) is 39.2 Å². The van der Waals surface area contributed by atoms with Gasteiger partial charge in [-0.3, -0.25) is 14.6 Å². The van der Waals surface area contributed by atoms with Crippen LogP contribution in [-0.2, 0) is 19.6 Å². The zero-order valence-electron chi connectivity index (χ0n) is 29.7.